The van der Waals surface area contributed by atoms with E-state index in [1.165, 1.54) is 27.9 Å². The van der Waals surface area contributed by atoms with E-state index in [9.17, 15) is 0 Å². The molecule has 0 saturated heterocycles. The Balaban J connectivity index is 1.01. The Morgan fingerprint density at radius 2 is 1.09 bits per heavy atom. The molecule has 3 aliphatic carbocycles. The zero-order valence-electron chi connectivity index (χ0n) is 31.2. The highest BCUT2D eigenvalue weighted by Crippen LogP contribution is 2.34. The lowest BCUT2D eigenvalue weighted by atomic mass is 9.91. The van der Waals surface area contributed by atoms with Crippen molar-refractivity contribution >= 4 is 5.57 Å². The zero-order valence-corrected chi connectivity index (χ0v) is 31.2. The third-order valence-electron chi connectivity index (χ3n) is 10.4. The summed E-state index contributed by atoms with van der Waals surface area (Å²) < 4.78 is 0. The maximum absolute atomic E-state index is 5.18. The van der Waals surface area contributed by atoms with E-state index in [1.54, 1.807) is 0 Å². The molecule has 9 rings (SSSR count). The molecule has 4 aromatic carbocycles. The quantitative estimate of drug-likeness (QED) is 0.157. The molecule has 0 aliphatic heterocycles. The van der Waals surface area contributed by atoms with E-state index in [-0.39, 0.29) is 5.92 Å². The molecule has 0 saturated carbocycles. The number of aromatic nitrogens is 3. The summed E-state index contributed by atoms with van der Waals surface area (Å²) >= 11 is 0. The summed E-state index contributed by atoms with van der Waals surface area (Å²) in [6, 6.07) is 46.1. The monoisotopic (exact) mass is 719 g/mol. The molecule has 0 spiro atoms. The van der Waals surface area contributed by atoms with E-state index in [4.69, 9.17) is 15.0 Å². The molecule has 2 aromatic heterocycles. The van der Waals surface area contributed by atoms with Gasteiger partial charge < -0.3 is 0 Å². The van der Waals surface area contributed by atoms with E-state index in [0.29, 0.717) is 5.82 Å². The fourth-order valence-electron chi connectivity index (χ4n) is 7.46. The summed E-state index contributed by atoms with van der Waals surface area (Å²) in [6.45, 7) is 0. The molecule has 56 heavy (non-hydrogen) atoms. The maximum atomic E-state index is 5.18. The minimum atomic E-state index is 0.233. The number of hydrogen-bond acceptors (Lipinski definition) is 3. The fourth-order valence-corrected chi connectivity index (χ4v) is 7.46. The molecule has 0 fully saturated rings. The Morgan fingerprint density at radius 1 is 0.429 bits per heavy atom. The summed E-state index contributed by atoms with van der Waals surface area (Å²) in [6.07, 6.45) is 30.5. The molecular formula is C53H41N3. The zero-order chi connectivity index (χ0) is 37.5. The highest BCUT2D eigenvalue weighted by atomic mass is 14.9. The van der Waals surface area contributed by atoms with Crippen molar-refractivity contribution in [3.05, 3.63) is 229 Å². The number of pyridine rings is 1. The summed E-state index contributed by atoms with van der Waals surface area (Å²) in [5.41, 5.74) is 15.0. The van der Waals surface area contributed by atoms with Crippen LogP contribution in [0.15, 0.2) is 223 Å². The topological polar surface area (TPSA) is 38.7 Å². The van der Waals surface area contributed by atoms with Gasteiger partial charge in [-0.05, 0) is 77.5 Å². The lowest BCUT2D eigenvalue weighted by Gasteiger charge is -2.14. The standard InChI is InChI=1S/C53H41N3/c1-2-7-19-39(18-6-1)48-34-44(38-16-8-3-9-17-38)32-33-45(35-48)40-28-30-42(31-29-40)49-26-15-27-50(54-49)46-24-14-25-47(36-46)52-37-51(41-20-10-4-11-21-41)55-53(56-52)43-22-12-5-13-23-43/h1-2,4-6,8,10-37,44H,3,7,9H2. The number of allylic oxidation sites excluding steroid dienone is 16. The van der Waals surface area contributed by atoms with E-state index in [1.807, 2.05) is 36.4 Å². The minimum absolute atomic E-state index is 0.233. The van der Waals surface area contributed by atoms with Crippen LogP contribution in [0.1, 0.15) is 24.8 Å². The molecule has 0 N–H and O–H groups in total. The van der Waals surface area contributed by atoms with E-state index >= 15 is 0 Å². The smallest absolute Gasteiger partial charge is 0.160 e. The van der Waals surface area contributed by atoms with Crippen molar-refractivity contribution in [2.75, 3.05) is 0 Å². The van der Waals surface area contributed by atoms with Gasteiger partial charge >= 0.3 is 0 Å². The van der Waals surface area contributed by atoms with Crippen LogP contribution in [0.3, 0.4) is 0 Å². The van der Waals surface area contributed by atoms with E-state index in [0.717, 1.165) is 69.9 Å². The van der Waals surface area contributed by atoms with Gasteiger partial charge in [-0.1, -0.05) is 176 Å². The molecule has 6 aromatic rings. The summed E-state index contributed by atoms with van der Waals surface area (Å²) in [7, 11) is 0. The van der Waals surface area contributed by atoms with Gasteiger partial charge in [0.25, 0.3) is 0 Å². The molecule has 0 bridgehead atoms. The summed E-state index contributed by atoms with van der Waals surface area (Å²) in [5.74, 6) is 0.934. The van der Waals surface area contributed by atoms with Gasteiger partial charge in [0, 0.05) is 33.7 Å². The van der Waals surface area contributed by atoms with Gasteiger partial charge in [-0.3, -0.25) is 0 Å². The second-order valence-electron chi connectivity index (χ2n) is 14.2. The van der Waals surface area contributed by atoms with Crippen LogP contribution in [0.5, 0.6) is 0 Å². The Kier molecular flexibility index (Phi) is 10.0. The highest BCUT2D eigenvalue weighted by Gasteiger charge is 2.16. The molecule has 2 heterocycles. The van der Waals surface area contributed by atoms with Crippen LogP contribution in [0.4, 0.5) is 0 Å². The van der Waals surface area contributed by atoms with Gasteiger partial charge in [0.1, 0.15) is 0 Å². The molecule has 3 nitrogen and oxygen atoms in total. The summed E-state index contributed by atoms with van der Waals surface area (Å²) in [4.78, 5) is 15.2. The molecule has 268 valence electrons. The van der Waals surface area contributed by atoms with E-state index in [2.05, 4.69) is 170 Å². The van der Waals surface area contributed by atoms with Crippen molar-refractivity contribution in [3.63, 3.8) is 0 Å². The Labute approximate surface area is 329 Å². The highest BCUT2D eigenvalue weighted by molar-refractivity contribution is 5.81. The Bertz CT molecular complexity index is 2570. The second kappa shape index (κ2) is 16.2. The summed E-state index contributed by atoms with van der Waals surface area (Å²) in [5, 5.41) is 0. The SMILES string of the molecule is C1=CCC=C(C2=CC(C3=CCCC=C3)C=CC(c3ccc(-c4cccc(-c5cccc(-c6cc(-c7ccccc7)nc(-c7ccccc7)n6)c5)n4)cc3)=C2)C=C1. The van der Waals surface area contributed by atoms with Crippen molar-refractivity contribution in [2.24, 2.45) is 5.92 Å². The molecule has 1 unspecified atom stereocenters. The van der Waals surface area contributed by atoms with Gasteiger partial charge in [0.05, 0.1) is 22.8 Å². The number of rotatable bonds is 8. The lowest BCUT2D eigenvalue weighted by molar-refractivity contribution is 0.928. The Hall–Kier alpha value is -6.97. The molecule has 0 radical (unpaired) electrons. The molecular weight excluding hydrogens is 679 g/mol. The molecule has 1 atom stereocenters. The first-order valence-electron chi connectivity index (χ1n) is 19.4. The van der Waals surface area contributed by atoms with Gasteiger partial charge in [-0.25, -0.2) is 15.0 Å². The van der Waals surface area contributed by atoms with Crippen molar-refractivity contribution in [1.29, 1.82) is 0 Å². The van der Waals surface area contributed by atoms with Gasteiger partial charge in [-0.2, -0.15) is 0 Å². The minimum Gasteiger partial charge on any atom is -0.248 e. The van der Waals surface area contributed by atoms with Crippen LogP contribution >= 0.6 is 0 Å². The second-order valence-corrected chi connectivity index (χ2v) is 14.2. The number of benzene rings is 4. The average Bonchev–Trinajstić information content (AvgIpc) is 3.70. The van der Waals surface area contributed by atoms with Gasteiger partial charge in [0.2, 0.25) is 0 Å². The van der Waals surface area contributed by atoms with Crippen LogP contribution in [0.25, 0.3) is 62.0 Å². The third kappa shape index (κ3) is 7.80. The van der Waals surface area contributed by atoms with Crippen molar-refractivity contribution in [1.82, 2.24) is 15.0 Å². The predicted octanol–water partition coefficient (Wildman–Crippen LogP) is 13.4. The van der Waals surface area contributed by atoms with Crippen molar-refractivity contribution < 1.29 is 0 Å². The van der Waals surface area contributed by atoms with Crippen LogP contribution in [0.2, 0.25) is 0 Å². The van der Waals surface area contributed by atoms with Crippen molar-refractivity contribution in [3.8, 4) is 56.4 Å². The van der Waals surface area contributed by atoms with Crippen LogP contribution in [-0.2, 0) is 0 Å². The molecule has 3 heteroatoms. The maximum Gasteiger partial charge on any atom is 0.160 e. The Morgan fingerprint density at radius 3 is 1.86 bits per heavy atom. The first-order valence-corrected chi connectivity index (χ1v) is 19.4. The van der Waals surface area contributed by atoms with Crippen LogP contribution in [0, 0.1) is 5.92 Å². The van der Waals surface area contributed by atoms with Crippen LogP contribution in [-0.4, -0.2) is 15.0 Å². The van der Waals surface area contributed by atoms with Crippen LogP contribution < -0.4 is 0 Å². The average molecular weight is 720 g/mol. The van der Waals surface area contributed by atoms with Crippen molar-refractivity contribution in [2.45, 2.75) is 19.3 Å². The fraction of sp³-hybridized carbons (Fsp3) is 0.0755. The largest absolute Gasteiger partial charge is 0.248 e. The first-order chi connectivity index (χ1) is 27.7. The molecule has 0 amide bonds. The van der Waals surface area contributed by atoms with E-state index < -0.39 is 0 Å². The first kappa shape index (κ1) is 34.8. The van der Waals surface area contributed by atoms with Gasteiger partial charge in [-0.15, -0.1) is 0 Å². The number of nitrogens with zero attached hydrogens (tertiary/aromatic N) is 3. The lowest BCUT2D eigenvalue weighted by Crippen LogP contribution is -1.99. The predicted molar refractivity (Wildman–Crippen MR) is 233 cm³/mol. The normalized spacial score (nSPS) is 16.3. The third-order valence-corrected chi connectivity index (χ3v) is 10.4. The van der Waals surface area contributed by atoms with Gasteiger partial charge in [0.15, 0.2) is 5.82 Å². The molecule has 3 aliphatic rings. The number of hydrogen-bond donors (Lipinski definition) is 0.